The number of aromatic nitrogens is 1. The number of amides is 2. The molecule has 2 rings (SSSR count). The molecule has 0 aliphatic rings. The average Bonchev–Trinajstić information content (AvgIpc) is 2.54. The summed E-state index contributed by atoms with van der Waals surface area (Å²) in [5.41, 5.74) is 2.39. The highest BCUT2D eigenvalue weighted by atomic mass is 35.5. The molecule has 1 aromatic heterocycles. The molecule has 0 aliphatic carbocycles. The van der Waals surface area contributed by atoms with Gasteiger partial charge in [-0.25, -0.2) is 0 Å². The third-order valence-electron chi connectivity index (χ3n) is 3.45. The zero-order valence-electron chi connectivity index (χ0n) is 13.0. The van der Waals surface area contributed by atoms with E-state index in [1.807, 2.05) is 31.2 Å². The van der Waals surface area contributed by atoms with Crippen molar-refractivity contribution >= 4 is 23.4 Å². The first-order valence-corrected chi connectivity index (χ1v) is 7.53. The van der Waals surface area contributed by atoms with Crippen LogP contribution in [0.1, 0.15) is 21.6 Å². The van der Waals surface area contributed by atoms with Crippen molar-refractivity contribution in [2.24, 2.45) is 0 Å². The molecule has 0 bridgehead atoms. The first-order valence-electron chi connectivity index (χ1n) is 7.15. The molecule has 0 fully saturated rings. The van der Waals surface area contributed by atoms with E-state index in [-0.39, 0.29) is 18.1 Å². The second-order valence-electron chi connectivity index (χ2n) is 5.22. The molecule has 0 aliphatic heterocycles. The molecular formula is C17H18ClN3O2. The van der Waals surface area contributed by atoms with Crippen LogP contribution in [0, 0.1) is 6.92 Å². The fourth-order valence-corrected chi connectivity index (χ4v) is 2.20. The van der Waals surface area contributed by atoms with Crippen LogP contribution in [0.15, 0.2) is 42.6 Å². The van der Waals surface area contributed by atoms with Crippen molar-refractivity contribution in [3.8, 4) is 0 Å². The minimum Gasteiger partial charge on any atom is -0.342 e. The molecule has 0 saturated carbocycles. The molecule has 0 spiro atoms. The Bertz CT molecular complexity index is 718. The second-order valence-corrected chi connectivity index (χ2v) is 5.65. The van der Waals surface area contributed by atoms with Gasteiger partial charge in [-0.2, -0.15) is 0 Å². The molecule has 0 atom stereocenters. The molecule has 1 aromatic carbocycles. The Morgan fingerprint density at radius 3 is 2.70 bits per heavy atom. The minimum atomic E-state index is -0.426. The van der Waals surface area contributed by atoms with Crippen LogP contribution in [0.5, 0.6) is 0 Å². The fourth-order valence-electron chi connectivity index (χ4n) is 2.04. The molecule has 1 N–H and O–H groups in total. The molecular weight excluding hydrogens is 314 g/mol. The van der Waals surface area contributed by atoms with Gasteiger partial charge < -0.3 is 10.2 Å². The van der Waals surface area contributed by atoms with E-state index in [1.54, 1.807) is 18.0 Å². The predicted molar refractivity (Wildman–Crippen MR) is 89.2 cm³/mol. The maximum Gasteiger partial charge on any atom is 0.270 e. The summed E-state index contributed by atoms with van der Waals surface area (Å²) in [6.45, 7) is 2.41. The van der Waals surface area contributed by atoms with Gasteiger partial charge in [-0.3, -0.25) is 14.6 Å². The Balaban J connectivity index is 1.89. The Hall–Kier alpha value is -2.40. The molecule has 6 heteroatoms. The van der Waals surface area contributed by atoms with Gasteiger partial charge in [0.05, 0.1) is 6.54 Å². The number of likely N-dealkylation sites (N-methyl/N-ethyl adjacent to an activating group) is 1. The van der Waals surface area contributed by atoms with Gasteiger partial charge in [0.2, 0.25) is 5.91 Å². The van der Waals surface area contributed by atoms with Crippen LogP contribution in [0.2, 0.25) is 5.02 Å². The van der Waals surface area contributed by atoms with Gasteiger partial charge in [-0.05, 0) is 30.2 Å². The number of hydrogen-bond acceptors (Lipinski definition) is 3. The summed E-state index contributed by atoms with van der Waals surface area (Å²) in [6.07, 6.45) is 1.45. The van der Waals surface area contributed by atoms with Crippen molar-refractivity contribution in [1.82, 2.24) is 15.2 Å². The van der Waals surface area contributed by atoms with E-state index in [0.29, 0.717) is 11.6 Å². The lowest BCUT2D eigenvalue weighted by Gasteiger charge is -2.18. The highest BCUT2D eigenvalue weighted by molar-refractivity contribution is 6.30. The SMILES string of the molecule is Cc1ccccc1CN(C)C(=O)CNC(=O)c1cc(Cl)ccn1. The third-order valence-corrected chi connectivity index (χ3v) is 3.68. The highest BCUT2D eigenvalue weighted by Gasteiger charge is 2.13. The number of nitrogens with one attached hydrogen (secondary N) is 1. The Morgan fingerprint density at radius 1 is 1.26 bits per heavy atom. The van der Waals surface area contributed by atoms with Gasteiger partial charge >= 0.3 is 0 Å². The quantitative estimate of drug-likeness (QED) is 0.915. The van der Waals surface area contributed by atoms with E-state index in [9.17, 15) is 9.59 Å². The number of carbonyl (C=O) groups excluding carboxylic acids is 2. The van der Waals surface area contributed by atoms with E-state index in [4.69, 9.17) is 11.6 Å². The number of nitrogens with zero attached hydrogens (tertiary/aromatic N) is 2. The van der Waals surface area contributed by atoms with E-state index in [0.717, 1.165) is 11.1 Å². The van der Waals surface area contributed by atoms with Crippen LogP contribution in [-0.2, 0) is 11.3 Å². The third kappa shape index (κ3) is 4.79. The predicted octanol–water partition coefficient (Wildman–Crippen LogP) is 2.43. The molecule has 5 nitrogen and oxygen atoms in total. The molecule has 1 heterocycles. The lowest BCUT2D eigenvalue weighted by Crippen LogP contribution is -2.38. The van der Waals surface area contributed by atoms with Gasteiger partial charge in [0.25, 0.3) is 5.91 Å². The second kappa shape index (κ2) is 7.74. The van der Waals surface area contributed by atoms with Crippen LogP contribution in [0.3, 0.4) is 0 Å². The summed E-state index contributed by atoms with van der Waals surface area (Å²) in [4.78, 5) is 29.6. The van der Waals surface area contributed by atoms with E-state index < -0.39 is 5.91 Å². The number of carbonyl (C=O) groups is 2. The summed E-state index contributed by atoms with van der Waals surface area (Å²) < 4.78 is 0. The summed E-state index contributed by atoms with van der Waals surface area (Å²) in [7, 11) is 1.71. The number of hydrogen-bond donors (Lipinski definition) is 1. The first-order chi connectivity index (χ1) is 11.0. The van der Waals surface area contributed by atoms with Gasteiger partial charge in [-0.1, -0.05) is 35.9 Å². The zero-order valence-corrected chi connectivity index (χ0v) is 13.8. The first kappa shape index (κ1) is 17.0. The van der Waals surface area contributed by atoms with Crippen molar-refractivity contribution in [3.63, 3.8) is 0 Å². The maximum absolute atomic E-state index is 12.1. The Morgan fingerprint density at radius 2 is 2.00 bits per heavy atom. The van der Waals surface area contributed by atoms with Gasteiger partial charge in [0.1, 0.15) is 5.69 Å². The number of pyridine rings is 1. The number of rotatable bonds is 5. The lowest BCUT2D eigenvalue weighted by molar-refractivity contribution is -0.129. The molecule has 0 unspecified atom stereocenters. The maximum atomic E-state index is 12.1. The normalized spacial score (nSPS) is 10.2. The smallest absolute Gasteiger partial charge is 0.270 e. The minimum absolute atomic E-state index is 0.0879. The summed E-state index contributed by atoms with van der Waals surface area (Å²) in [5, 5.41) is 2.98. The number of aryl methyl sites for hydroxylation is 1. The summed E-state index contributed by atoms with van der Waals surface area (Å²) >= 11 is 5.81. The van der Waals surface area contributed by atoms with Crippen molar-refractivity contribution in [2.75, 3.05) is 13.6 Å². The Kier molecular flexibility index (Phi) is 5.71. The van der Waals surface area contributed by atoms with Crippen molar-refractivity contribution < 1.29 is 9.59 Å². The molecule has 0 saturated heterocycles. The van der Waals surface area contributed by atoms with E-state index in [2.05, 4.69) is 10.3 Å². The van der Waals surface area contributed by atoms with Gasteiger partial charge in [0, 0.05) is 24.8 Å². The molecule has 23 heavy (non-hydrogen) atoms. The van der Waals surface area contributed by atoms with Crippen LogP contribution >= 0.6 is 11.6 Å². The van der Waals surface area contributed by atoms with Crippen LogP contribution in [0.4, 0.5) is 0 Å². The van der Waals surface area contributed by atoms with E-state index in [1.165, 1.54) is 12.3 Å². The van der Waals surface area contributed by atoms with Crippen molar-refractivity contribution in [1.29, 1.82) is 0 Å². The van der Waals surface area contributed by atoms with E-state index >= 15 is 0 Å². The molecule has 120 valence electrons. The van der Waals surface area contributed by atoms with Crippen molar-refractivity contribution in [3.05, 3.63) is 64.4 Å². The summed E-state index contributed by atoms with van der Waals surface area (Å²) in [6, 6.07) is 10.9. The zero-order chi connectivity index (χ0) is 16.8. The topological polar surface area (TPSA) is 62.3 Å². The van der Waals surface area contributed by atoms with Crippen LogP contribution < -0.4 is 5.32 Å². The highest BCUT2D eigenvalue weighted by Crippen LogP contribution is 2.10. The monoisotopic (exact) mass is 331 g/mol. The average molecular weight is 332 g/mol. The van der Waals surface area contributed by atoms with Crippen LogP contribution in [-0.4, -0.2) is 35.3 Å². The standard InChI is InChI=1S/C17H18ClN3O2/c1-12-5-3-4-6-13(12)11-21(2)16(22)10-20-17(23)15-9-14(18)7-8-19-15/h3-9H,10-11H2,1-2H3,(H,20,23). The van der Waals surface area contributed by atoms with Crippen molar-refractivity contribution in [2.45, 2.75) is 13.5 Å². The lowest BCUT2D eigenvalue weighted by atomic mass is 10.1. The summed E-state index contributed by atoms with van der Waals surface area (Å²) in [5.74, 6) is -0.603. The molecule has 2 amide bonds. The van der Waals surface area contributed by atoms with Gasteiger partial charge in [0.15, 0.2) is 0 Å². The molecule has 2 aromatic rings. The Labute approximate surface area is 140 Å². The molecule has 0 radical (unpaired) electrons. The van der Waals surface area contributed by atoms with Gasteiger partial charge in [-0.15, -0.1) is 0 Å². The van der Waals surface area contributed by atoms with Crippen LogP contribution in [0.25, 0.3) is 0 Å². The number of halogens is 1. The number of benzene rings is 1. The largest absolute Gasteiger partial charge is 0.342 e. The fraction of sp³-hybridized carbons (Fsp3) is 0.235.